The van der Waals surface area contributed by atoms with Crippen LogP contribution in [0.15, 0.2) is 53.5 Å². The minimum absolute atomic E-state index is 0.159. The topological polar surface area (TPSA) is 78.9 Å². The third-order valence-corrected chi connectivity index (χ3v) is 3.12. The maximum Gasteiger partial charge on any atom is 0.262 e. The summed E-state index contributed by atoms with van der Waals surface area (Å²) < 4.78 is 0. The molecule has 2 N–H and O–H groups in total. The van der Waals surface area contributed by atoms with Gasteiger partial charge in [0.25, 0.3) is 5.56 Å². The van der Waals surface area contributed by atoms with Gasteiger partial charge in [-0.15, -0.1) is 0 Å². The number of rotatable bonds is 2. The van der Waals surface area contributed by atoms with Gasteiger partial charge in [0.1, 0.15) is 11.3 Å². The highest BCUT2D eigenvalue weighted by atomic mass is 16.3. The van der Waals surface area contributed by atoms with Crippen LogP contribution < -0.4 is 5.56 Å². The summed E-state index contributed by atoms with van der Waals surface area (Å²) in [4.78, 5) is 23.1. The van der Waals surface area contributed by atoms with Crippen LogP contribution in [0, 0.1) is 6.92 Å². The summed E-state index contributed by atoms with van der Waals surface area (Å²) in [5, 5.41) is 10.1. The van der Waals surface area contributed by atoms with E-state index in [0.29, 0.717) is 11.3 Å². The highest BCUT2D eigenvalue weighted by Gasteiger charge is 2.14. The molecule has 0 unspecified atom stereocenters. The minimum Gasteiger partial charge on any atom is -0.493 e. The fourth-order valence-corrected chi connectivity index (χ4v) is 2.06. The fraction of sp³-hybridized carbons (Fsp3) is 0.0625. The summed E-state index contributed by atoms with van der Waals surface area (Å²) in [5.74, 6) is -0.0560. The Morgan fingerprint density at radius 2 is 1.86 bits per heavy atom. The molecule has 0 aliphatic heterocycles. The van der Waals surface area contributed by atoms with Crippen molar-refractivity contribution in [1.82, 2.24) is 15.0 Å². The molecule has 2 heterocycles. The average Bonchev–Trinajstić information content (AvgIpc) is 2.48. The Kier molecular flexibility index (Phi) is 3.23. The minimum atomic E-state index is -0.397. The predicted molar refractivity (Wildman–Crippen MR) is 79.9 cm³/mol. The number of aryl methyl sites for hydroxylation is 1. The van der Waals surface area contributed by atoms with E-state index in [4.69, 9.17) is 0 Å². The first kappa shape index (κ1) is 13.1. The molecule has 0 amide bonds. The highest BCUT2D eigenvalue weighted by molar-refractivity contribution is 5.68. The predicted octanol–water partition coefficient (Wildman–Crippen LogP) is 2.51. The van der Waals surface area contributed by atoms with Gasteiger partial charge in [-0.25, -0.2) is 0 Å². The molecule has 0 bridgehead atoms. The summed E-state index contributed by atoms with van der Waals surface area (Å²) in [6.45, 7) is 1.92. The monoisotopic (exact) mass is 279 g/mol. The number of aromatic nitrogens is 3. The van der Waals surface area contributed by atoms with Crippen LogP contribution in [0.2, 0.25) is 0 Å². The van der Waals surface area contributed by atoms with E-state index >= 15 is 0 Å². The van der Waals surface area contributed by atoms with Crippen molar-refractivity contribution in [3.05, 3.63) is 64.6 Å². The van der Waals surface area contributed by atoms with Gasteiger partial charge in [-0.1, -0.05) is 36.4 Å². The first-order valence-corrected chi connectivity index (χ1v) is 6.47. The smallest absolute Gasteiger partial charge is 0.262 e. The van der Waals surface area contributed by atoms with Crippen molar-refractivity contribution in [3.8, 4) is 28.5 Å². The van der Waals surface area contributed by atoms with Crippen molar-refractivity contribution in [2.75, 3.05) is 0 Å². The van der Waals surface area contributed by atoms with E-state index in [2.05, 4.69) is 15.0 Å². The standard InChI is InChI=1S/C16H13N3O2/c1-10-7-8-12(17-9-10)14-18-15(20)13(16(21)19-14)11-5-3-2-4-6-11/h2-9H,1H3,(H2,18,19,20,21). The molecule has 0 radical (unpaired) electrons. The van der Waals surface area contributed by atoms with Crippen molar-refractivity contribution >= 4 is 0 Å². The Morgan fingerprint density at radius 3 is 2.48 bits per heavy atom. The van der Waals surface area contributed by atoms with Gasteiger partial charge in [-0.3, -0.25) is 9.78 Å². The van der Waals surface area contributed by atoms with Crippen molar-refractivity contribution in [2.45, 2.75) is 6.92 Å². The maximum atomic E-state index is 12.2. The summed E-state index contributed by atoms with van der Waals surface area (Å²) in [6, 6.07) is 12.5. The van der Waals surface area contributed by atoms with Crippen molar-refractivity contribution in [3.63, 3.8) is 0 Å². The second-order valence-corrected chi connectivity index (χ2v) is 4.70. The molecule has 0 atom stereocenters. The van der Waals surface area contributed by atoms with Gasteiger partial charge in [0.05, 0.1) is 0 Å². The lowest BCUT2D eigenvalue weighted by atomic mass is 10.1. The van der Waals surface area contributed by atoms with E-state index in [-0.39, 0.29) is 17.3 Å². The van der Waals surface area contributed by atoms with Gasteiger partial charge < -0.3 is 10.1 Å². The number of H-pyrrole nitrogens is 1. The zero-order valence-electron chi connectivity index (χ0n) is 11.4. The molecule has 0 aliphatic carbocycles. The number of hydrogen-bond acceptors (Lipinski definition) is 4. The van der Waals surface area contributed by atoms with E-state index < -0.39 is 5.56 Å². The molecule has 2 aromatic heterocycles. The summed E-state index contributed by atoms with van der Waals surface area (Å²) in [6.07, 6.45) is 1.68. The van der Waals surface area contributed by atoms with Crippen LogP contribution in [-0.2, 0) is 0 Å². The van der Waals surface area contributed by atoms with Gasteiger partial charge in [0.2, 0.25) is 5.88 Å². The Morgan fingerprint density at radius 1 is 1.10 bits per heavy atom. The number of aromatic hydroxyl groups is 1. The molecule has 0 fully saturated rings. The average molecular weight is 279 g/mol. The molecule has 0 saturated carbocycles. The van der Waals surface area contributed by atoms with Crippen LogP contribution >= 0.6 is 0 Å². The molecule has 0 spiro atoms. The first-order valence-electron chi connectivity index (χ1n) is 6.47. The zero-order valence-corrected chi connectivity index (χ0v) is 11.4. The molecule has 1 aromatic carbocycles. The third-order valence-electron chi connectivity index (χ3n) is 3.12. The van der Waals surface area contributed by atoms with Gasteiger partial charge in [0.15, 0.2) is 5.82 Å². The Bertz CT molecular complexity index is 824. The normalized spacial score (nSPS) is 10.5. The van der Waals surface area contributed by atoms with Crippen molar-refractivity contribution in [1.29, 1.82) is 0 Å². The Hall–Kier alpha value is -2.95. The lowest BCUT2D eigenvalue weighted by molar-refractivity contribution is 0.454. The quantitative estimate of drug-likeness (QED) is 0.755. The molecule has 21 heavy (non-hydrogen) atoms. The van der Waals surface area contributed by atoms with E-state index in [0.717, 1.165) is 5.56 Å². The van der Waals surface area contributed by atoms with Gasteiger partial charge in [0, 0.05) is 6.20 Å². The molecule has 5 heteroatoms. The summed E-state index contributed by atoms with van der Waals surface area (Å²) >= 11 is 0. The van der Waals surface area contributed by atoms with Crippen molar-refractivity contribution in [2.24, 2.45) is 0 Å². The van der Waals surface area contributed by atoms with Gasteiger partial charge in [-0.2, -0.15) is 4.98 Å². The largest absolute Gasteiger partial charge is 0.493 e. The highest BCUT2D eigenvalue weighted by Crippen LogP contribution is 2.24. The van der Waals surface area contributed by atoms with E-state index in [1.807, 2.05) is 19.1 Å². The van der Waals surface area contributed by atoms with Crippen LogP contribution in [0.3, 0.4) is 0 Å². The number of nitrogens with one attached hydrogen (secondary N) is 1. The molecule has 5 nitrogen and oxygen atoms in total. The molecular weight excluding hydrogens is 266 g/mol. The Labute approximate surface area is 121 Å². The second-order valence-electron chi connectivity index (χ2n) is 4.70. The molecule has 3 rings (SSSR count). The summed E-state index contributed by atoms with van der Waals surface area (Å²) in [7, 11) is 0. The lowest BCUT2D eigenvalue weighted by Crippen LogP contribution is -2.12. The van der Waals surface area contributed by atoms with E-state index in [1.165, 1.54) is 0 Å². The molecular formula is C16H13N3O2. The van der Waals surface area contributed by atoms with Crippen LogP contribution in [0.1, 0.15) is 5.56 Å². The van der Waals surface area contributed by atoms with Crippen LogP contribution in [0.4, 0.5) is 0 Å². The van der Waals surface area contributed by atoms with Gasteiger partial charge in [-0.05, 0) is 24.1 Å². The van der Waals surface area contributed by atoms with Crippen LogP contribution in [0.25, 0.3) is 22.6 Å². The summed E-state index contributed by atoms with van der Waals surface area (Å²) in [5.41, 5.74) is 1.89. The number of benzene rings is 1. The van der Waals surface area contributed by atoms with Crippen LogP contribution in [0.5, 0.6) is 5.88 Å². The van der Waals surface area contributed by atoms with Crippen molar-refractivity contribution < 1.29 is 5.11 Å². The van der Waals surface area contributed by atoms with Gasteiger partial charge >= 0.3 is 0 Å². The fourth-order valence-electron chi connectivity index (χ4n) is 2.06. The molecule has 0 aliphatic rings. The number of nitrogens with zero attached hydrogens (tertiary/aromatic N) is 2. The number of hydrogen-bond donors (Lipinski definition) is 2. The molecule has 0 saturated heterocycles. The number of pyridine rings is 1. The SMILES string of the molecule is Cc1ccc(-c2nc(O)c(-c3ccccc3)c(=O)[nH]2)nc1. The van der Waals surface area contributed by atoms with E-state index in [1.54, 1.807) is 36.5 Å². The zero-order chi connectivity index (χ0) is 14.8. The third kappa shape index (κ3) is 2.53. The number of aromatic amines is 1. The molecule has 104 valence electrons. The van der Waals surface area contributed by atoms with Crippen LogP contribution in [-0.4, -0.2) is 20.1 Å². The lowest BCUT2D eigenvalue weighted by Gasteiger charge is -2.06. The first-order chi connectivity index (χ1) is 10.1. The van der Waals surface area contributed by atoms with E-state index in [9.17, 15) is 9.90 Å². The Balaban J connectivity index is 2.13. The second kappa shape index (κ2) is 5.20. The maximum absolute atomic E-state index is 12.2. The molecule has 3 aromatic rings.